The first kappa shape index (κ1) is 13.8. The number of anilines is 1. The molecule has 104 valence electrons. The Morgan fingerprint density at radius 1 is 1.47 bits per heavy atom. The molecule has 1 amide bonds. The van der Waals surface area contributed by atoms with Crippen molar-refractivity contribution < 1.29 is 13.9 Å². The number of carbonyl (C=O) groups is 1. The van der Waals surface area contributed by atoms with Gasteiger partial charge in [0.25, 0.3) is 0 Å². The van der Waals surface area contributed by atoms with Crippen LogP contribution >= 0.6 is 0 Å². The Kier molecular flexibility index (Phi) is 4.74. The van der Waals surface area contributed by atoms with Crippen LogP contribution in [0.15, 0.2) is 18.2 Å². The van der Waals surface area contributed by atoms with E-state index in [1.165, 1.54) is 25.3 Å². The van der Waals surface area contributed by atoms with Gasteiger partial charge in [0, 0.05) is 18.2 Å². The number of hydrogen-bond donors (Lipinski definition) is 2. The van der Waals surface area contributed by atoms with Crippen LogP contribution < -0.4 is 15.4 Å². The second-order valence-electron chi connectivity index (χ2n) is 4.80. The van der Waals surface area contributed by atoms with E-state index in [-0.39, 0.29) is 11.7 Å². The Morgan fingerprint density at radius 2 is 2.21 bits per heavy atom. The molecule has 0 saturated carbocycles. The summed E-state index contributed by atoms with van der Waals surface area (Å²) in [5.41, 5.74) is 0.567. The van der Waals surface area contributed by atoms with Gasteiger partial charge >= 0.3 is 0 Å². The predicted octanol–water partition coefficient (Wildman–Crippen LogP) is 2.16. The van der Waals surface area contributed by atoms with E-state index < -0.39 is 5.82 Å². The molecule has 1 fully saturated rings. The van der Waals surface area contributed by atoms with E-state index in [4.69, 9.17) is 4.74 Å². The van der Waals surface area contributed by atoms with Crippen LogP contribution in [-0.2, 0) is 4.79 Å². The van der Waals surface area contributed by atoms with Gasteiger partial charge in [-0.2, -0.15) is 0 Å². The van der Waals surface area contributed by atoms with E-state index in [1.807, 2.05) is 0 Å². The molecule has 1 aliphatic rings. The lowest BCUT2D eigenvalue weighted by Gasteiger charge is -2.21. The number of nitrogens with one attached hydrogen (secondary N) is 2. The fourth-order valence-electron chi connectivity index (χ4n) is 2.30. The Labute approximate surface area is 112 Å². The van der Waals surface area contributed by atoms with Crippen molar-refractivity contribution in [3.05, 3.63) is 24.0 Å². The van der Waals surface area contributed by atoms with Crippen LogP contribution in [0.1, 0.15) is 19.3 Å². The van der Waals surface area contributed by atoms with Crippen LogP contribution in [0.4, 0.5) is 10.1 Å². The highest BCUT2D eigenvalue weighted by molar-refractivity contribution is 5.91. The van der Waals surface area contributed by atoms with Crippen molar-refractivity contribution in [2.24, 2.45) is 5.92 Å². The molecule has 0 aromatic heterocycles. The third-order valence-electron chi connectivity index (χ3n) is 3.37. The third kappa shape index (κ3) is 3.92. The number of rotatable bonds is 4. The third-order valence-corrected chi connectivity index (χ3v) is 3.37. The minimum atomic E-state index is -0.432. The fraction of sp³-hybridized carbons (Fsp3) is 0.500. The van der Waals surface area contributed by atoms with E-state index >= 15 is 0 Å². The van der Waals surface area contributed by atoms with Crippen molar-refractivity contribution >= 4 is 11.6 Å². The first-order valence-corrected chi connectivity index (χ1v) is 6.53. The summed E-state index contributed by atoms with van der Waals surface area (Å²) in [6.45, 7) is 1.95. The molecule has 0 bridgehead atoms. The van der Waals surface area contributed by atoms with E-state index in [1.54, 1.807) is 0 Å². The molecule has 0 spiro atoms. The normalized spacial score (nSPS) is 16.1. The van der Waals surface area contributed by atoms with Gasteiger partial charge in [-0.1, -0.05) is 0 Å². The van der Waals surface area contributed by atoms with Crippen molar-refractivity contribution in [2.45, 2.75) is 19.3 Å². The van der Waals surface area contributed by atoms with Crippen LogP contribution in [0.2, 0.25) is 0 Å². The maximum atomic E-state index is 13.2. The molecule has 1 aromatic carbocycles. The maximum absolute atomic E-state index is 13.2. The maximum Gasteiger partial charge on any atom is 0.224 e. The minimum absolute atomic E-state index is 0.0273. The molecule has 1 aromatic rings. The zero-order valence-corrected chi connectivity index (χ0v) is 11.0. The molecule has 4 nitrogen and oxygen atoms in total. The van der Waals surface area contributed by atoms with Crippen LogP contribution in [0.25, 0.3) is 0 Å². The molecule has 0 atom stereocenters. The number of ether oxygens (including phenoxy) is 1. The molecule has 19 heavy (non-hydrogen) atoms. The standard InChI is InChI=1S/C14H19FN2O2/c1-19-13-9-11(2-3-12(13)15)17-14(18)8-10-4-6-16-7-5-10/h2-3,9-10,16H,4-8H2,1H3,(H,17,18). The van der Waals surface area contributed by atoms with Crippen molar-refractivity contribution in [1.29, 1.82) is 0 Å². The van der Waals surface area contributed by atoms with Crippen LogP contribution in [0.3, 0.4) is 0 Å². The zero-order chi connectivity index (χ0) is 13.7. The van der Waals surface area contributed by atoms with E-state index in [9.17, 15) is 9.18 Å². The minimum Gasteiger partial charge on any atom is -0.494 e. The lowest BCUT2D eigenvalue weighted by Crippen LogP contribution is -2.30. The van der Waals surface area contributed by atoms with Crippen LogP contribution in [-0.4, -0.2) is 26.1 Å². The Balaban J connectivity index is 1.90. The topological polar surface area (TPSA) is 50.4 Å². The highest BCUT2D eigenvalue weighted by atomic mass is 19.1. The lowest BCUT2D eigenvalue weighted by molar-refractivity contribution is -0.117. The molecular weight excluding hydrogens is 247 g/mol. The van der Waals surface area contributed by atoms with Gasteiger partial charge in [0.05, 0.1) is 7.11 Å². The van der Waals surface area contributed by atoms with Gasteiger partial charge in [-0.3, -0.25) is 4.79 Å². The Morgan fingerprint density at radius 3 is 2.89 bits per heavy atom. The summed E-state index contributed by atoms with van der Waals surface area (Å²) in [6, 6.07) is 4.33. The summed E-state index contributed by atoms with van der Waals surface area (Å²) in [4.78, 5) is 11.9. The average Bonchev–Trinajstić information content (AvgIpc) is 2.42. The van der Waals surface area contributed by atoms with E-state index in [2.05, 4.69) is 10.6 Å². The van der Waals surface area contributed by atoms with Gasteiger partial charge in [-0.25, -0.2) is 4.39 Å². The molecule has 0 aliphatic carbocycles. The molecule has 1 heterocycles. The second-order valence-corrected chi connectivity index (χ2v) is 4.80. The number of benzene rings is 1. The van der Waals surface area contributed by atoms with Gasteiger partial charge in [0.1, 0.15) is 0 Å². The number of hydrogen-bond acceptors (Lipinski definition) is 3. The zero-order valence-electron chi connectivity index (χ0n) is 11.0. The van der Waals surface area contributed by atoms with Gasteiger partial charge < -0.3 is 15.4 Å². The fourth-order valence-corrected chi connectivity index (χ4v) is 2.30. The molecule has 1 aliphatic heterocycles. The molecule has 5 heteroatoms. The SMILES string of the molecule is COc1cc(NC(=O)CC2CCNCC2)ccc1F. The second kappa shape index (κ2) is 6.52. The number of methoxy groups -OCH3 is 1. The summed E-state index contributed by atoms with van der Waals surface area (Å²) >= 11 is 0. The highest BCUT2D eigenvalue weighted by Gasteiger charge is 2.17. The van der Waals surface area contributed by atoms with Crippen molar-refractivity contribution in [3.63, 3.8) is 0 Å². The Hall–Kier alpha value is -1.62. The summed E-state index contributed by atoms with van der Waals surface area (Å²) in [7, 11) is 1.40. The monoisotopic (exact) mass is 266 g/mol. The van der Waals surface area contributed by atoms with Crippen LogP contribution in [0.5, 0.6) is 5.75 Å². The molecule has 2 N–H and O–H groups in total. The van der Waals surface area contributed by atoms with Gasteiger partial charge in [-0.05, 0) is 44.0 Å². The summed E-state index contributed by atoms with van der Waals surface area (Å²) in [6.07, 6.45) is 2.57. The first-order valence-electron chi connectivity index (χ1n) is 6.53. The van der Waals surface area contributed by atoms with E-state index in [0.717, 1.165) is 25.9 Å². The number of piperidine rings is 1. The molecule has 0 unspecified atom stereocenters. The quantitative estimate of drug-likeness (QED) is 0.878. The Bertz CT molecular complexity index is 445. The smallest absolute Gasteiger partial charge is 0.224 e. The summed E-state index contributed by atoms with van der Waals surface area (Å²) in [5.74, 6) is 0.114. The molecular formula is C14H19FN2O2. The first-order chi connectivity index (χ1) is 9.19. The summed E-state index contributed by atoms with van der Waals surface area (Å²) in [5, 5.41) is 6.05. The van der Waals surface area contributed by atoms with Gasteiger partial charge in [-0.15, -0.1) is 0 Å². The summed E-state index contributed by atoms with van der Waals surface area (Å²) < 4.78 is 18.1. The molecule has 2 rings (SSSR count). The number of halogens is 1. The predicted molar refractivity (Wildman–Crippen MR) is 71.8 cm³/mol. The highest BCUT2D eigenvalue weighted by Crippen LogP contribution is 2.22. The van der Waals surface area contributed by atoms with Crippen molar-refractivity contribution in [1.82, 2.24) is 5.32 Å². The lowest BCUT2D eigenvalue weighted by atomic mass is 9.94. The van der Waals surface area contributed by atoms with Crippen LogP contribution in [0, 0.1) is 11.7 Å². The van der Waals surface area contributed by atoms with Crippen molar-refractivity contribution in [2.75, 3.05) is 25.5 Å². The average molecular weight is 266 g/mol. The van der Waals surface area contributed by atoms with E-state index in [0.29, 0.717) is 18.0 Å². The number of amides is 1. The van der Waals surface area contributed by atoms with Gasteiger partial charge in [0.15, 0.2) is 11.6 Å². The van der Waals surface area contributed by atoms with Crippen molar-refractivity contribution in [3.8, 4) is 5.75 Å². The van der Waals surface area contributed by atoms with Gasteiger partial charge in [0.2, 0.25) is 5.91 Å². The molecule has 1 saturated heterocycles. The largest absolute Gasteiger partial charge is 0.494 e. The number of carbonyl (C=O) groups excluding carboxylic acids is 1. The molecule has 0 radical (unpaired) electrons.